The Morgan fingerprint density at radius 2 is 2.17 bits per heavy atom. The van der Waals surface area contributed by atoms with Crippen LogP contribution in [0.1, 0.15) is 48.1 Å². The van der Waals surface area contributed by atoms with Gasteiger partial charge in [0.2, 0.25) is 0 Å². The van der Waals surface area contributed by atoms with E-state index in [1.165, 1.54) is 6.07 Å². The number of aromatic nitrogens is 1. The van der Waals surface area contributed by atoms with Crippen LogP contribution in [0, 0.1) is 5.82 Å². The van der Waals surface area contributed by atoms with E-state index in [0.717, 1.165) is 12.0 Å². The normalized spacial score (nSPS) is 19.8. The smallest absolute Gasteiger partial charge is 0.267 e. The molecule has 126 valence electrons. The molecule has 1 aromatic carbocycles. The Balaban J connectivity index is 2.25. The standard InChI is InChI=1S/C18H18ClFN2O2/c1-3-11-7-14-13(12-5-4-10(19)6-15(12)20)8-16(18(21)23)22-17(14)9(2)24-11/h4-6,8-9,11H,3,7H2,1-2H3,(H2,21,23)/t9-,11+/m1/s1. The fraction of sp³-hybridized carbons (Fsp3) is 0.333. The molecule has 0 saturated carbocycles. The summed E-state index contributed by atoms with van der Waals surface area (Å²) >= 11 is 5.85. The third-order valence-electron chi connectivity index (χ3n) is 4.30. The van der Waals surface area contributed by atoms with Crippen molar-refractivity contribution in [1.29, 1.82) is 0 Å². The van der Waals surface area contributed by atoms with Crippen LogP contribution in [-0.2, 0) is 11.2 Å². The first kappa shape index (κ1) is 16.9. The highest BCUT2D eigenvalue weighted by Gasteiger charge is 2.29. The van der Waals surface area contributed by atoms with Gasteiger partial charge in [0.05, 0.1) is 17.9 Å². The maximum absolute atomic E-state index is 14.5. The number of hydrogen-bond acceptors (Lipinski definition) is 3. The summed E-state index contributed by atoms with van der Waals surface area (Å²) < 4.78 is 20.4. The molecular weight excluding hydrogens is 331 g/mol. The highest BCUT2D eigenvalue weighted by atomic mass is 35.5. The third kappa shape index (κ3) is 3.01. The van der Waals surface area contributed by atoms with Gasteiger partial charge in [-0.15, -0.1) is 0 Å². The second-order valence-electron chi connectivity index (χ2n) is 5.92. The van der Waals surface area contributed by atoms with E-state index in [-0.39, 0.29) is 17.9 Å². The number of hydrogen-bond donors (Lipinski definition) is 1. The number of benzene rings is 1. The zero-order valence-electron chi connectivity index (χ0n) is 13.5. The maximum atomic E-state index is 14.5. The number of primary amides is 1. The first-order valence-electron chi connectivity index (χ1n) is 7.85. The Hall–Kier alpha value is -1.98. The highest BCUT2D eigenvalue weighted by molar-refractivity contribution is 6.30. The zero-order valence-corrected chi connectivity index (χ0v) is 14.2. The Bertz CT molecular complexity index is 810. The van der Waals surface area contributed by atoms with Gasteiger partial charge in [0.25, 0.3) is 5.91 Å². The quantitative estimate of drug-likeness (QED) is 0.909. The molecule has 1 aliphatic heterocycles. The van der Waals surface area contributed by atoms with Crippen LogP contribution in [-0.4, -0.2) is 17.0 Å². The van der Waals surface area contributed by atoms with Crippen molar-refractivity contribution in [2.45, 2.75) is 38.9 Å². The second kappa shape index (κ2) is 6.49. The van der Waals surface area contributed by atoms with Gasteiger partial charge in [-0.3, -0.25) is 4.79 Å². The van der Waals surface area contributed by atoms with E-state index in [1.54, 1.807) is 18.2 Å². The van der Waals surface area contributed by atoms with Gasteiger partial charge in [-0.1, -0.05) is 18.5 Å². The molecule has 1 aromatic heterocycles. The van der Waals surface area contributed by atoms with Gasteiger partial charge in [0.15, 0.2) is 0 Å². The van der Waals surface area contributed by atoms with Gasteiger partial charge in [-0.2, -0.15) is 0 Å². The zero-order chi connectivity index (χ0) is 17.4. The summed E-state index contributed by atoms with van der Waals surface area (Å²) in [5.41, 5.74) is 8.03. The van der Waals surface area contributed by atoms with Crippen LogP contribution in [0.2, 0.25) is 5.02 Å². The molecule has 0 bridgehead atoms. The number of carbonyl (C=O) groups excluding carboxylic acids is 1. The van der Waals surface area contributed by atoms with Crippen LogP contribution in [0.5, 0.6) is 0 Å². The van der Waals surface area contributed by atoms with Crippen molar-refractivity contribution in [3.8, 4) is 11.1 Å². The van der Waals surface area contributed by atoms with Gasteiger partial charge < -0.3 is 10.5 Å². The second-order valence-corrected chi connectivity index (χ2v) is 6.36. The minimum Gasteiger partial charge on any atom is -0.369 e. The first-order chi connectivity index (χ1) is 11.4. The van der Waals surface area contributed by atoms with Crippen LogP contribution in [0.25, 0.3) is 11.1 Å². The van der Waals surface area contributed by atoms with Gasteiger partial charge in [-0.05, 0) is 48.7 Å². The number of pyridine rings is 1. The summed E-state index contributed by atoms with van der Waals surface area (Å²) in [4.78, 5) is 16.0. The first-order valence-corrected chi connectivity index (χ1v) is 8.23. The Morgan fingerprint density at radius 3 is 2.79 bits per heavy atom. The van der Waals surface area contributed by atoms with Crippen molar-refractivity contribution in [2.75, 3.05) is 0 Å². The van der Waals surface area contributed by atoms with E-state index in [4.69, 9.17) is 22.1 Å². The number of rotatable bonds is 3. The lowest BCUT2D eigenvalue weighted by Gasteiger charge is -2.31. The maximum Gasteiger partial charge on any atom is 0.267 e. The van der Waals surface area contributed by atoms with E-state index in [2.05, 4.69) is 4.98 Å². The molecule has 4 nitrogen and oxygen atoms in total. The molecule has 0 radical (unpaired) electrons. The lowest BCUT2D eigenvalue weighted by atomic mass is 9.89. The topological polar surface area (TPSA) is 65.2 Å². The molecule has 1 aliphatic rings. The van der Waals surface area contributed by atoms with Crippen LogP contribution < -0.4 is 5.73 Å². The van der Waals surface area contributed by atoms with Gasteiger partial charge >= 0.3 is 0 Å². The Kier molecular flexibility index (Phi) is 4.56. The summed E-state index contributed by atoms with van der Waals surface area (Å²) in [6.07, 6.45) is 1.19. The molecule has 0 spiro atoms. The van der Waals surface area contributed by atoms with Crippen molar-refractivity contribution in [3.05, 3.63) is 52.1 Å². The molecule has 6 heteroatoms. The predicted octanol–water partition coefficient (Wildman–Crippen LogP) is 4.05. The average Bonchev–Trinajstić information content (AvgIpc) is 2.54. The molecule has 0 fully saturated rings. The minimum absolute atomic E-state index is 0.0304. The number of fused-ring (bicyclic) bond motifs is 1. The van der Waals surface area contributed by atoms with E-state index in [9.17, 15) is 9.18 Å². The number of carbonyl (C=O) groups is 1. The molecule has 24 heavy (non-hydrogen) atoms. The van der Waals surface area contributed by atoms with Gasteiger partial charge in [-0.25, -0.2) is 9.37 Å². The third-order valence-corrected chi connectivity index (χ3v) is 4.53. The van der Waals surface area contributed by atoms with Crippen LogP contribution in [0.4, 0.5) is 4.39 Å². The predicted molar refractivity (Wildman–Crippen MR) is 90.4 cm³/mol. The van der Waals surface area contributed by atoms with E-state index in [1.807, 2.05) is 13.8 Å². The summed E-state index contributed by atoms with van der Waals surface area (Å²) in [6, 6.07) is 6.04. The van der Waals surface area contributed by atoms with Gasteiger partial charge in [0, 0.05) is 17.0 Å². The molecule has 3 rings (SSSR count). The monoisotopic (exact) mass is 348 g/mol. The molecule has 0 unspecified atom stereocenters. The average molecular weight is 349 g/mol. The summed E-state index contributed by atoms with van der Waals surface area (Å²) in [5.74, 6) is -1.10. The van der Waals surface area contributed by atoms with Crippen molar-refractivity contribution in [1.82, 2.24) is 4.98 Å². The number of nitrogens with two attached hydrogens (primary N) is 1. The van der Waals surface area contributed by atoms with Crippen molar-refractivity contribution < 1.29 is 13.9 Å². The fourth-order valence-corrected chi connectivity index (χ4v) is 3.24. The Morgan fingerprint density at radius 1 is 1.42 bits per heavy atom. The molecule has 2 N–H and O–H groups in total. The number of ether oxygens (including phenoxy) is 1. The van der Waals surface area contributed by atoms with Gasteiger partial charge in [0.1, 0.15) is 11.5 Å². The molecular formula is C18H18ClFN2O2. The summed E-state index contributed by atoms with van der Waals surface area (Å²) in [6.45, 7) is 3.91. The molecule has 2 aromatic rings. The molecule has 2 heterocycles. The summed E-state index contributed by atoms with van der Waals surface area (Å²) in [5, 5.41) is 0.317. The van der Waals surface area contributed by atoms with E-state index >= 15 is 0 Å². The van der Waals surface area contributed by atoms with Crippen molar-refractivity contribution in [3.63, 3.8) is 0 Å². The lowest BCUT2D eigenvalue weighted by Crippen LogP contribution is -2.27. The fourth-order valence-electron chi connectivity index (χ4n) is 3.09. The highest BCUT2D eigenvalue weighted by Crippen LogP contribution is 2.38. The van der Waals surface area contributed by atoms with E-state index < -0.39 is 11.7 Å². The van der Waals surface area contributed by atoms with Crippen LogP contribution >= 0.6 is 11.6 Å². The molecule has 0 aliphatic carbocycles. The molecule has 2 atom stereocenters. The van der Waals surface area contributed by atoms with E-state index in [0.29, 0.717) is 28.3 Å². The summed E-state index contributed by atoms with van der Waals surface area (Å²) in [7, 11) is 0. The largest absolute Gasteiger partial charge is 0.369 e. The van der Waals surface area contributed by atoms with Crippen LogP contribution in [0.3, 0.4) is 0 Å². The Labute approximate surface area is 144 Å². The number of amides is 1. The molecule has 0 saturated heterocycles. The molecule has 1 amide bonds. The minimum atomic E-state index is -0.654. The number of halogens is 2. The van der Waals surface area contributed by atoms with Crippen LogP contribution in [0.15, 0.2) is 24.3 Å². The SMILES string of the molecule is CC[C@H]1Cc2c(-c3ccc(Cl)cc3F)cc(C(N)=O)nc2[C@@H](C)O1. The lowest BCUT2D eigenvalue weighted by molar-refractivity contribution is -0.0196. The van der Waals surface area contributed by atoms with Crippen molar-refractivity contribution in [2.24, 2.45) is 5.73 Å². The van der Waals surface area contributed by atoms with Crippen molar-refractivity contribution >= 4 is 17.5 Å². The number of nitrogens with zero attached hydrogens (tertiary/aromatic N) is 1.